The van der Waals surface area contributed by atoms with E-state index in [-0.39, 0.29) is 56.1 Å². The molecule has 46 heavy (non-hydrogen) atoms. The second-order valence-electron chi connectivity index (χ2n) is 12.1. The first kappa shape index (κ1) is 32.9. The summed E-state index contributed by atoms with van der Waals surface area (Å²) in [6.45, 7) is 6.90. The van der Waals surface area contributed by atoms with E-state index < -0.39 is 33.0 Å². The minimum Gasteiger partial charge on any atom is -0.481 e. The average molecular weight is 652 g/mol. The third-order valence-electron chi connectivity index (χ3n) is 8.13. The largest absolute Gasteiger partial charge is 0.481 e. The number of hydrogen-bond acceptors (Lipinski definition) is 9. The Morgan fingerprint density at radius 3 is 2.41 bits per heavy atom. The van der Waals surface area contributed by atoms with Gasteiger partial charge in [-0.2, -0.15) is 8.42 Å². The Bertz CT molecular complexity index is 1960. The van der Waals surface area contributed by atoms with Gasteiger partial charge in [-0.15, -0.1) is 0 Å². The lowest BCUT2D eigenvalue weighted by Gasteiger charge is -2.43. The van der Waals surface area contributed by atoms with Gasteiger partial charge in [-0.1, -0.05) is 18.2 Å². The van der Waals surface area contributed by atoms with Crippen LogP contribution in [0, 0.1) is 0 Å². The van der Waals surface area contributed by atoms with Gasteiger partial charge in [0, 0.05) is 55.2 Å². The highest BCUT2D eigenvalue weighted by Crippen LogP contribution is 2.41. The number of hydrogen-bond donors (Lipinski definition) is 2. The van der Waals surface area contributed by atoms with Gasteiger partial charge in [-0.3, -0.25) is 14.1 Å². The number of fused-ring (bicyclic) bond motifs is 3. The summed E-state index contributed by atoms with van der Waals surface area (Å²) in [5, 5.41) is 9.71. The van der Waals surface area contributed by atoms with Crippen molar-refractivity contribution in [3.63, 3.8) is 0 Å². The van der Waals surface area contributed by atoms with E-state index in [0.29, 0.717) is 35.0 Å². The van der Waals surface area contributed by atoms with Gasteiger partial charge in [-0.05, 0) is 69.9 Å². The van der Waals surface area contributed by atoms with Gasteiger partial charge in [0.2, 0.25) is 11.8 Å². The number of carbonyl (C=O) groups excluding carboxylic acids is 1. The van der Waals surface area contributed by atoms with E-state index in [4.69, 9.17) is 18.5 Å². The number of aliphatic carboxylic acids is 1. The lowest BCUT2D eigenvalue weighted by Crippen LogP contribution is -2.46. The number of carbonyl (C=O) groups is 2. The van der Waals surface area contributed by atoms with Gasteiger partial charge in [0.25, 0.3) is 10.1 Å². The fourth-order valence-electron chi connectivity index (χ4n) is 6.00. The van der Waals surface area contributed by atoms with Gasteiger partial charge >= 0.3 is 11.6 Å². The van der Waals surface area contributed by atoms with Crippen LogP contribution >= 0.6 is 0 Å². The standard InChI is InChI=1S/C33H37N3O9S/c1-21-20-33(2,3)36(15-6-11-29(37)35(13-7-12-30(38)39)14-8-16-46(41,42)43)26-19-28-22(17-23(21)26)18-24(32(40)45-28)31-34-25-9-4-5-10-27(25)44-31/h4-5,9-10,17-20H,6-8,11-16H2,1-3H3,(H,38,39)(H,41,42,43). The Labute approximate surface area is 266 Å². The summed E-state index contributed by atoms with van der Waals surface area (Å²) in [5.41, 5.74) is 3.69. The normalized spacial score (nSPS) is 14.3. The molecule has 1 amide bonds. The molecule has 5 rings (SSSR count). The van der Waals surface area contributed by atoms with Crippen molar-refractivity contribution in [2.24, 2.45) is 0 Å². The molecule has 0 unspecified atom stereocenters. The minimum atomic E-state index is -4.18. The Morgan fingerprint density at radius 2 is 1.70 bits per heavy atom. The number of allylic oxidation sites excluding steroid dienone is 1. The topological polar surface area (TPSA) is 171 Å². The number of rotatable bonds is 13. The van der Waals surface area contributed by atoms with Crippen LogP contribution in [0.4, 0.5) is 5.69 Å². The quantitative estimate of drug-likeness (QED) is 0.141. The van der Waals surface area contributed by atoms with Crippen molar-refractivity contribution in [3.05, 3.63) is 64.5 Å². The predicted octanol–water partition coefficient (Wildman–Crippen LogP) is 5.35. The van der Waals surface area contributed by atoms with E-state index in [1.807, 2.05) is 31.2 Å². The highest BCUT2D eigenvalue weighted by atomic mass is 32.2. The van der Waals surface area contributed by atoms with E-state index in [1.54, 1.807) is 18.2 Å². The summed E-state index contributed by atoms with van der Waals surface area (Å²) in [7, 11) is -4.18. The van der Waals surface area contributed by atoms with Gasteiger partial charge in [0.1, 0.15) is 16.7 Å². The Morgan fingerprint density at radius 1 is 0.978 bits per heavy atom. The van der Waals surface area contributed by atoms with Crippen molar-refractivity contribution in [3.8, 4) is 11.5 Å². The molecule has 3 heterocycles. The van der Waals surface area contributed by atoms with Crippen molar-refractivity contribution < 1.29 is 36.5 Å². The number of aromatic nitrogens is 1. The molecule has 0 radical (unpaired) electrons. The summed E-state index contributed by atoms with van der Waals surface area (Å²) >= 11 is 0. The smallest absolute Gasteiger partial charge is 0.349 e. The zero-order valence-corrected chi connectivity index (χ0v) is 26.8. The molecule has 0 saturated heterocycles. The average Bonchev–Trinajstić information content (AvgIpc) is 3.40. The minimum absolute atomic E-state index is 0.0423. The molecule has 2 aromatic carbocycles. The molecule has 0 spiro atoms. The highest BCUT2D eigenvalue weighted by molar-refractivity contribution is 7.85. The first-order valence-corrected chi connectivity index (χ1v) is 16.7. The molecule has 13 heteroatoms. The molecule has 2 aromatic heterocycles. The second-order valence-corrected chi connectivity index (χ2v) is 13.7. The van der Waals surface area contributed by atoms with E-state index in [1.165, 1.54) is 4.90 Å². The molecule has 1 aliphatic heterocycles. The van der Waals surface area contributed by atoms with E-state index in [2.05, 4.69) is 29.8 Å². The van der Waals surface area contributed by atoms with Crippen LogP contribution in [0.5, 0.6) is 0 Å². The fourth-order valence-corrected chi connectivity index (χ4v) is 6.50. The van der Waals surface area contributed by atoms with Crippen LogP contribution in [0.1, 0.15) is 58.4 Å². The van der Waals surface area contributed by atoms with Gasteiger partial charge < -0.3 is 23.7 Å². The number of anilines is 1. The van der Waals surface area contributed by atoms with Crippen molar-refractivity contribution >= 4 is 55.3 Å². The van der Waals surface area contributed by atoms with Crippen molar-refractivity contribution in [2.75, 3.05) is 30.3 Å². The predicted molar refractivity (Wildman–Crippen MR) is 174 cm³/mol. The number of para-hydroxylation sites is 2. The Hall–Kier alpha value is -4.49. The molecule has 0 atom stereocenters. The molecule has 1 aliphatic rings. The second kappa shape index (κ2) is 13.1. The van der Waals surface area contributed by atoms with Gasteiger partial charge in [-0.25, -0.2) is 9.78 Å². The first-order chi connectivity index (χ1) is 21.7. The lowest BCUT2D eigenvalue weighted by molar-refractivity contribution is -0.138. The molecular weight excluding hydrogens is 614 g/mol. The molecule has 0 saturated carbocycles. The van der Waals surface area contributed by atoms with Crippen LogP contribution < -0.4 is 10.5 Å². The Balaban J connectivity index is 1.36. The van der Waals surface area contributed by atoms with Crippen LogP contribution in [-0.4, -0.2) is 70.8 Å². The van der Waals surface area contributed by atoms with Crippen LogP contribution in [0.3, 0.4) is 0 Å². The number of benzene rings is 2. The summed E-state index contributed by atoms with van der Waals surface area (Å²) in [5.74, 6) is -1.51. The van der Waals surface area contributed by atoms with Gasteiger partial charge in [0.05, 0.1) is 11.3 Å². The molecular formula is C33H37N3O9S. The highest BCUT2D eigenvalue weighted by Gasteiger charge is 2.32. The number of carboxylic acids is 1. The molecule has 0 fully saturated rings. The van der Waals surface area contributed by atoms with Crippen LogP contribution in [0.25, 0.3) is 39.1 Å². The van der Waals surface area contributed by atoms with Crippen molar-refractivity contribution in [2.45, 2.75) is 58.4 Å². The summed E-state index contributed by atoms with van der Waals surface area (Å²) in [6, 6.07) is 12.8. The van der Waals surface area contributed by atoms with Crippen LogP contribution in [0.15, 0.2) is 62.2 Å². The SMILES string of the molecule is CC1=CC(C)(C)N(CCCC(=O)N(CCCC(=O)O)CCCS(=O)(=O)O)c2cc3oc(=O)c(-c4nc5ccccc5o4)cc3cc21. The monoisotopic (exact) mass is 651 g/mol. The molecule has 0 bridgehead atoms. The molecule has 0 aliphatic carbocycles. The summed E-state index contributed by atoms with van der Waals surface area (Å²) < 4.78 is 43.0. The van der Waals surface area contributed by atoms with Crippen LogP contribution in [0.2, 0.25) is 0 Å². The number of nitrogens with zero attached hydrogens (tertiary/aromatic N) is 3. The molecule has 4 aromatic rings. The van der Waals surface area contributed by atoms with Crippen molar-refractivity contribution in [1.82, 2.24) is 9.88 Å². The van der Waals surface area contributed by atoms with E-state index in [0.717, 1.165) is 16.8 Å². The number of amides is 1. The van der Waals surface area contributed by atoms with Gasteiger partial charge in [0.15, 0.2) is 5.58 Å². The molecule has 244 valence electrons. The summed E-state index contributed by atoms with van der Waals surface area (Å²) in [4.78, 5) is 45.3. The zero-order valence-electron chi connectivity index (χ0n) is 26.0. The fraction of sp³-hybridized carbons (Fsp3) is 0.394. The third-order valence-corrected chi connectivity index (χ3v) is 8.93. The Kier molecular flexibility index (Phi) is 9.36. The first-order valence-electron chi connectivity index (χ1n) is 15.1. The van der Waals surface area contributed by atoms with Crippen molar-refractivity contribution in [1.29, 1.82) is 0 Å². The van der Waals surface area contributed by atoms with E-state index in [9.17, 15) is 22.8 Å². The van der Waals surface area contributed by atoms with E-state index >= 15 is 0 Å². The molecule has 12 nitrogen and oxygen atoms in total. The zero-order chi connectivity index (χ0) is 33.2. The third kappa shape index (κ3) is 7.48. The number of oxazole rings is 1. The lowest BCUT2D eigenvalue weighted by atomic mass is 9.87. The number of carboxylic acid groups (broad SMARTS) is 1. The maximum atomic E-state index is 13.2. The van der Waals surface area contributed by atoms with Crippen LogP contribution in [-0.2, 0) is 19.7 Å². The summed E-state index contributed by atoms with van der Waals surface area (Å²) in [6.07, 6.45) is 2.92. The molecule has 2 N–H and O–H groups in total. The maximum Gasteiger partial charge on any atom is 0.349 e. The maximum absolute atomic E-state index is 13.2.